The minimum atomic E-state index is -3.98. The molecule has 1 heterocycles. The van der Waals surface area contributed by atoms with E-state index in [4.69, 9.17) is 9.88 Å². The van der Waals surface area contributed by atoms with Crippen molar-refractivity contribution in [1.29, 1.82) is 0 Å². The molecule has 2 N–H and O–H groups in total. The number of aryl methyl sites for hydroxylation is 2. The smallest absolute Gasteiger partial charge is 0.338 e. The highest BCUT2D eigenvalue weighted by Gasteiger charge is 2.20. The van der Waals surface area contributed by atoms with E-state index in [0.29, 0.717) is 23.4 Å². The van der Waals surface area contributed by atoms with Crippen LogP contribution in [0.1, 0.15) is 43.2 Å². The number of carbonyl (C=O) groups is 2. The number of carbonyl (C=O) groups excluding carboxylic acids is 2. The van der Waals surface area contributed by atoms with Crippen molar-refractivity contribution in [3.63, 3.8) is 0 Å². The molecule has 0 fully saturated rings. The summed E-state index contributed by atoms with van der Waals surface area (Å²) in [4.78, 5) is 25.0. The van der Waals surface area contributed by atoms with E-state index < -0.39 is 28.4 Å². The largest absolute Gasteiger partial charge is 0.454 e. The first kappa shape index (κ1) is 23.4. The number of nitrogens with zero attached hydrogens (tertiary/aromatic N) is 1. The Hall–Kier alpha value is -3.30. The molecule has 0 unspecified atom stereocenters. The Kier molecular flexibility index (Phi) is 6.61. The molecule has 32 heavy (non-hydrogen) atoms. The second kappa shape index (κ2) is 9.05. The van der Waals surface area contributed by atoms with Gasteiger partial charge in [-0.2, -0.15) is 0 Å². The quantitative estimate of drug-likeness (QED) is 0.432. The predicted octanol–water partition coefficient (Wildman–Crippen LogP) is 3.29. The first-order valence-corrected chi connectivity index (χ1v) is 11.3. The van der Waals surface area contributed by atoms with Crippen LogP contribution in [0.3, 0.4) is 0 Å². The van der Waals surface area contributed by atoms with Crippen LogP contribution in [0.15, 0.2) is 53.4 Å². The number of Topliss-reactive ketones (excluding diaryl/α,β-unsaturated/α-hetero) is 1. The molecule has 0 bridgehead atoms. The van der Waals surface area contributed by atoms with E-state index in [1.165, 1.54) is 24.3 Å². The van der Waals surface area contributed by atoms with Crippen molar-refractivity contribution < 1.29 is 27.1 Å². The SMILES string of the molecule is Cc1ccc(S(N)(=O)=O)cc1C(=O)OCC(=O)c1cc(C)n(Cc2ccc(F)cc2)c1C. The van der Waals surface area contributed by atoms with Crippen molar-refractivity contribution in [3.8, 4) is 0 Å². The molecule has 0 amide bonds. The van der Waals surface area contributed by atoms with E-state index >= 15 is 0 Å². The first-order chi connectivity index (χ1) is 15.0. The number of primary sulfonamides is 1. The van der Waals surface area contributed by atoms with Crippen LogP contribution in [0.2, 0.25) is 0 Å². The van der Waals surface area contributed by atoms with Crippen LogP contribution < -0.4 is 5.14 Å². The summed E-state index contributed by atoms with van der Waals surface area (Å²) in [5.74, 6) is -1.53. The van der Waals surface area contributed by atoms with E-state index in [1.807, 2.05) is 11.5 Å². The van der Waals surface area contributed by atoms with Gasteiger partial charge in [-0.1, -0.05) is 18.2 Å². The maximum absolute atomic E-state index is 13.1. The highest BCUT2D eigenvalue weighted by atomic mass is 32.2. The Bertz CT molecular complexity index is 1290. The fourth-order valence-electron chi connectivity index (χ4n) is 3.38. The van der Waals surface area contributed by atoms with Gasteiger partial charge in [-0.15, -0.1) is 0 Å². The molecule has 0 aliphatic carbocycles. The molecule has 1 aromatic heterocycles. The Labute approximate surface area is 185 Å². The molecule has 0 aliphatic rings. The first-order valence-electron chi connectivity index (χ1n) is 9.72. The van der Waals surface area contributed by atoms with Crippen molar-refractivity contribution in [2.75, 3.05) is 6.61 Å². The fourth-order valence-corrected chi connectivity index (χ4v) is 3.92. The third-order valence-electron chi connectivity index (χ3n) is 5.22. The Morgan fingerprint density at radius 2 is 1.66 bits per heavy atom. The highest BCUT2D eigenvalue weighted by molar-refractivity contribution is 7.89. The number of hydrogen-bond donors (Lipinski definition) is 1. The van der Waals surface area contributed by atoms with Crippen molar-refractivity contribution >= 4 is 21.8 Å². The van der Waals surface area contributed by atoms with E-state index in [0.717, 1.165) is 17.3 Å². The van der Waals surface area contributed by atoms with Crippen LogP contribution in [-0.2, 0) is 21.3 Å². The molecule has 3 rings (SSSR count). The molecule has 0 aliphatic heterocycles. The summed E-state index contributed by atoms with van der Waals surface area (Å²) in [6.45, 7) is 5.21. The van der Waals surface area contributed by atoms with Gasteiger partial charge in [0.1, 0.15) is 5.82 Å². The Morgan fingerprint density at radius 1 is 1.00 bits per heavy atom. The summed E-state index contributed by atoms with van der Waals surface area (Å²) in [5, 5.41) is 5.11. The summed E-state index contributed by atoms with van der Waals surface area (Å²) in [6.07, 6.45) is 0. The minimum Gasteiger partial charge on any atom is -0.454 e. The maximum atomic E-state index is 13.1. The number of aromatic nitrogens is 1. The predicted molar refractivity (Wildman–Crippen MR) is 117 cm³/mol. The van der Waals surface area contributed by atoms with E-state index in [-0.39, 0.29) is 16.3 Å². The molecule has 0 spiro atoms. The summed E-state index contributed by atoms with van der Waals surface area (Å²) in [7, 11) is -3.98. The number of nitrogens with two attached hydrogens (primary N) is 1. The van der Waals surface area contributed by atoms with Gasteiger partial charge in [0.15, 0.2) is 6.61 Å². The van der Waals surface area contributed by atoms with Gasteiger partial charge in [-0.3, -0.25) is 4.79 Å². The molecular formula is C23H23FN2O5S. The van der Waals surface area contributed by atoms with E-state index in [1.54, 1.807) is 32.0 Å². The Morgan fingerprint density at radius 3 is 2.28 bits per heavy atom. The number of ketones is 1. The molecule has 0 saturated heterocycles. The lowest BCUT2D eigenvalue weighted by Crippen LogP contribution is -2.17. The number of halogens is 1. The minimum absolute atomic E-state index is 0.0195. The molecular weight excluding hydrogens is 435 g/mol. The van der Waals surface area contributed by atoms with Gasteiger partial charge in [-0.25, -0.2) is 22.7 Å². The topological polar surface area (TPSA) is 108 Å². The summed E-state index contributed by atoms with van der Waals surface area (Å²) in [5.41, 5.74) is 3.33. The summed E-state index contributed by atoms with van der Waals surface area (Å²) in [6, 6.07) is 11.7. The average molecular weight is 459 g/mol. The van der Waals surface area contributed by atoms with Crippen LogP contribution in [0.4, 0.5) is 4.39 Å². The molecule has 0 saturated carbocycles. The van der Waals surface area contributed by atoms with Crippen LogP contribution in [-0.4, -0.2) is 31.3 Å². The lowest BCUT2D eigenvalue weighted by molar-refractivity contribution is 0.0473. The monoisotopic (exact) mass is 458 g/mol. The van der Waals surface area contributed by atoms with Crippen LogP contribution in [0, 0.1) is 26.6 Å². The number of esters is 1. The molecule has 2 aromatic carbocycles. The molecule has 168 valence electrons. The summed E-state index contributed by atoms with van der Waals surface area (Å²) >= 11 is 0. The third kappa shape index (κ3) is 5.12. The average Bonchev–Trinajstić information content (AvgIpc) is 3.01. The lowest BCUT2D eigenvalue weighted by atomic mass is 10.1. The normalized spacial score (nSPS) is 11.4. The van der Waals surface area contributed by atoms with E-state index in [9.17, 15) is 22.4 Å². The number of rotatable bonds is 7. The van der Waals surface area contributed by atoms with Crippen molar-refractivity contribution in [2.45, 2.75) is 32.2 Å². The van der Waals surface area contributed by atoms with Crippen molar-refractivity contribution in [3.05, 3.63) is 88.0 Å². The molecule has 0 atom stereocenters. The molecule has 0 radical (unpaired) electrons. The molecule has 7 nitrogen and oxygen atoms in total. The zero-order valence-corrected chi connectivity index (χ0v) is 18.7. The fraction of sp³-hybridized carbons (Fsp3) is 0.217. The molecule has 3 aromatic rings. The van der Waals surface area contributed by atoms with Gasteiger partial charge in [0.25, 0.3) is 0 Å². The Balaban J connectivity index is 1.74. The van der Waals surface area contributed by atoms with Gasteiger partial charge in [-0.05, 0) is 62.2 Å². The summed E-state index contributed by atoms with van der Waals surface area (Å²) < 4.78 is 43.3. The number of benzene rings is 2. The van der Waals surface area contributed by atoms with Gasteiger partial charge < -0.3 is 9.30 Å². The van der Waals surface area contributed by atoms with Gasteiger partial charge >= 0.3 is 5.97 Å². The second-order valence-corrected chi connectivity index (χ2v) is 9.08. The standard InChI is InChI=1S/C23H23FN2O5S/c1-14-4-9-19(32(25,29)30)11-20(14)23(28)31-13-22(27)21-10-15(2)26(16(21)3)12-17-5-7-18(24)8-6-17/h4-11H,12-13H2,1-3H3,(H2,25,29,30). The van der Waals surface area contributed by atoms with Gasteiger partial charge in [0, 0.05) is 23.5 Å². The van der Waals surface area contributed by atoms with Crippen LogP contribution >= 0.6 is 0 Å². The lowest BCUT2D eigenvalue weighted by Gasteiger charge is -2.10. The highest BCUT2D eigenvalue weighted by Crippen LogP contribution is 2.19. The number of sulfonamides is 1. The number of hydrogen-bond acceptors (Lipinski definition) is 5. The van der Waals surface area contributed by atoms with Crippen molar-refractivity contribution in [2.24, 2.45) is 5.14 Å². The third-order valence-corrected chi connectivity index (χ3v) is 6.13. The molecule has 9 heteroatoms. The second-order valence-electron chi connectivity index (χ2n) is 7.52. The number of ether oxygens (including phenoxy) is 1. The van der Waals surface area contributed by atoms with Gasteiger partial charge in [0.05, 0.1) is 10.5 Å². The zero-order chi connectivity index (χ0) is 23.6. The maximum Gasteiger partial charge on any atom is 0.338 e. The van der Waals surface area contributed by atoms with E-state index in [2.05, 4.69) is 0 Å². The van der Waals surface area contributed by atoms with Crippen LogP contribution in [0.5, 0.6) is 0 Å². The van der Waals surface area contributed by atoms with Crippen LogP contribution in [0.25, 0.3) is 0 Å². The zero-order valence-electron chi connectivity index (χ0n) is 17.9. The van der Waals surface area contributed by atoms with Gasteiger partial charge in [0.2, 0.25) is 15.8 Å². The van der Waals surface area contributed by atoms with Crippen molar-refractivity contribution in [1.82, 2.24) is 4.57 Å².